The normalized spacial score (nSPS) is 10.6. The molecule has 1 aromatic heterocycles. The van der Waals surface area contributed by atoms with Crippen molar-refractivity contribution in [1.82, 2.24) is 10.2 Å². The van der Waals surface area contributed by atoms with Crippen molar-refractivity contribution >= 4 is 23.3 Å². The highest BCUT2D eigenvalue weighted by molar-refractivity contribution is 6.16. The van der Waals surface area contributed by atoms with Crippen LogP contribution in [0.2, 0.25) is 0 Å². The molecule has 2 rings (SSSR count). The van der Waals surface area contributed by atoms with Crippen LogP contribution in [0.1, 0.15) is 17.0 Å². The summed E-state index contributed by atoms with van der Waals surface area (Å²) in [7, 11) is 1.89. The predicted molar refractivity (Wildman–Crippen MR) is 67.8 cm³/mol. The van der Waals surface area contributed by atoms with Crippen molar-refractivity contribution in [3.8, 4) is 0 Å². The number of hydrogen-bond acceptors (Lipinski definition) is 4. The van der Waals surface area contributed by atoms with Crippen LogP contribution in [0.3, 0.4) is 0 Å². The zero-order valence-electron chi connectivity index (χ0n) is 10.1. The van der Waals surface area contributed by atoms with Crippen molar-refractivity contribution in [2.24, 2.45) is 0 Å². The molecule has 0 atom stereocenters. The van der Waals surface area contributed by atoms with Gasteiger partial charge >= 0.3 is 6.01 Å². The molecule has 0 aliphatic rings. The molecule has 0 fully saturated rings. The molecule has 4 nitrogen and oxygen atoms in total. The highest BCUT2D eigenvalue weighted by Crippen LogP contribution is 2.26. The Morgan fingerprint density at radius 2 is 2.06 bits per heavy atom. The summed E-state index contributed by atoms with van der Waals surface area (Å²) in [5.74, 6) is 0.659. The molecular weight excluding hydrogens is 238 g/mol. The molecular formula is C12H14ClN3O. The Labute approximate surface area is 105 Å². The fraction of sp³-hybridized carbons (Fsp3) is 0.333. The summed E-state index contributed by atoms with van der Waals surface area (Å²) in [4.78, 5) is 1.86. The van der Waals surface area contributed by atoms with Gasteiger partial charge < -0.3 is 4.42 Å². The van der Waals surface area contributed by atoms with Gasteiger partial charge in [-0.25, -0.2) is 0 Å². The minimum absolute atomic E-state index is 0.230. The SMILES string of the molecule is Cc1ccc(N(C)c2nnc(CCl)o2)c(C)c1. The van der Waals surface area contributed by atoms with Crippen molar-refractivity contribution in [1.29, 1.82) is 0 Å². The number of benzene rings is 1. The van der Waals surface area contributed by atoms with Crippen LogP contribution in [0, 0.1) is 13.8 Å². The summed E-state index contributed by atoms with van der Waals surface area (Å²) in [5.41, 5.74) is 3.44. The summed E-state index contributed by atoms with van der Waals surface area (Å²) in [5, 5.41) is 7.79. The Hall–Kier alpha value is -1.55. The lowest BCUT2D eigenvalue weighted by molar-refractivity contribution is 0.518. The number of nitrogens with zero attached hydrogens (tertiary/aromatic N) is 3. The molecule has 0 saturated carbocycles. The first-order chi connectivity index (χ1) is 8.11. The van der Waals surface area contributed by atoms with E-state index >= 15 is 0 Å². The van der Waals surface area contributed by atoms with E-state index in [2.05, 4.69) is 36.2 Å². The second-order valence-electron chi connectivity index (χ2n) is 3.96. The number of aryl methyl sites for hydroxylation is 2. The minimum Gasteiger partial charge on any atom is -0.406 e. The average Bonchev–Trinajstić information content (AvgIpc) is 2.76. The summed E-state index contributed by atoms with van der Waals surface area (Å²) >= 11 is 5.63. The third-order valence-corrected chi connectivity index (χ3v) is 2.80. The van der Waals surface area contributed by atoms with Crippen LogP contribution < -0.4 is 4.90 Å². The van der Waals surface area contributed by atoms with E-state index in [1.54, 1.807) is 0 Å². The van der Waals surface area contributed by atoms with Crippen LogP contribution in [0.5, 0.6) is 0 Å². The Morgan fingerprint density at radius 3 is 2.65 bits per heavy atom. The molecule has 0 aliphatic heterocycles. The number of rotatable bonds is 3. The zero-order valence-corrected chi connectivity index (χ0v) is 10.8. The van der Waals surface area contributed by atoms with E-state index < -0.39 is 0 Å². The van der Waals surface area contributed by atoms with Gasteiger partial charge in [-0.15, -0.1) is 16.7 Å². The second-order valence-corrected chi connectivity index (χ2v) is 4.23. The van der Waals surface area contributed by atoms with Crippen molar-refractivity contribution in [2.45, 2.75) is 19.7 Å². The van der Waals surface area contributed by atoms with Crippen molar-refractivity contribution in [3.63, 3.8) is 0 Å². The number of anilines is 2. The molecule has 0 bridgehead atoms. The number of alkyl halides is 1. The average molecular weight is 252 g/mol. The van der Waals surface area contributed by atoms with Gasteiger partial charge in [0.25, 0.3) is 0 Å². The molecule has 0 unspecified atom stereocenters. The highest BCUT2D eigenvalue weighted by atomic mass is 35.5. The van der Waals surface area contributed by atoms with E-state index in [9.17, 15) is 0 Å². The Kier molecular flexibility index (Phi) is 3.33. The van der Waals surface area contributed by atoms with Gasteiger partial charge in [0, 0.05) is 12.7 Å². The number of halogens is 1. The first kappa shape index (κ1) is 11.9. The monoisotopic (exact) mass is 251 g/mol. The van der Waals surface area contributed by atoms with Gasteiger partial charge in [0.2, 0.25) is 5.89 Å². The molecule has 0 saturated heterocycles. The summed E-state index contributed by atoms with van der Waals surface area (Å²) in [6.45, 7) is 4.12. The Balaban J connectivity index is 2.33. The lowest BCUT2D eigenvalue weighted by atomic mass is 10.1. The topological polar surface area (TPSA) is 42.2 Å². The quantitative estimate of drug-likeness (QED) is 0.786. The van der Waals surface area contributed by atoms with E-state index in [0.29, 0.717) is 11.9 Å². The standard InChI is InChI=1S/C12H14ClN3O/c1-8-4-5-10(9(2)6-8)16(3)12-15-14-11(7-13)17-12/h4-6H,7H2,1-3H3. The fourth-order valence-corrected chi connectivity index (χ4v) is 1.83. The van der Waals surface area contributed by atoms with Gasteiger partial charge in [-0.2, -0.15) is 0 Å². The fourth-order valence-electron chi connectivity index (χ4n) is 1.72. The molecule has 1 heterocycles. The van der Waals surface area contributed by atoms with Gasteiger partial charge in [0.1, 0.15) is 5.88 Å². The molecule has 0 radical (unpaired) electrons. The van der Waals surface area contributed by atoms with Crippen LogP contribution in [0.4, 0.5) is 11.7 Å². The highest BCUT2D eigenvalue weighted by Gasteiger charge is 2.13. The van der Waals surface area contributed by atoms with E-state index in [4.69, 9.17) is 16.0 Å². The zero-order chi connectivity index (χ0) is 12.4. The molecule has 5 heteroatoms. The number of aromatic nitrogens is 2. The lowest BCUT2D eigenvalue weighted by Gasteiger charge is -2.16. The number of hydrogen-bond donors (Lipinski definition) is 0. The smallest absolute Gasteiger partial charge is 0.322 e. The molecule has 17 heavy (non-hydrogen) atoms. The van der Waals surface area contributed by atoms with E-state index in [-0.39, 0.29) is 5.88 Å². The van der Waals surface area contributed by atoms with E-state index in [1.165, 1.54) is 5.56 Å². The molecule has 2 aromatic rings. The molecule has 1 aromatic carbocycles. The van der Waals surface area contributed by atoms with E-state index in [1.807, 2.05) is 18.0 Å². The van der Waals surface area contributed by atoms with Crippen molar-refractivity contribution < 1.29 is 4.42 Å². The third-order valence-electron chi connectivity index (χ3n) is 2.57. The van der Waals surface area contributed by atoms with Gasteiger partial charge in [-0.1, -0.05) is 22.8 Å². The van der Waals surface area contributed by atoms with Gasteiger partial charge in [-0.3, -0.25) is 4.90 Å². The maximum absolute atomic E-state index is 5.63. The lowest BCUT2D eigenvalue weighted by Crippen LogP contribution is -2.11. The van der Waals surface area contributed by atoms with Crippen LogP contribution in [-0.2, 0) is 5.88 Å². The van der Waals surface area contributed by atoms with Gasteiger partial charge in [0.05, 0.1) is 0 Å². The molecule has 0 spiro atoms. The summed E-state index contributed by atoms with van der Waals surface area (Å²) in [6.07, 6.45) is 0. The first-order valence-electron chi connectivity index (χ1n) is 5.31. The van der Waals surface area contributed by atoms with Crippen LogP contribution in [0.15, 0.2) is 22.6 Å². The maximum Gasteiger partial charge on any atom is 0.322 e. The van der Waals surface area contributed by atoms with Gasteiger partial charge in [0.15, 0.2) is 0 Å². The first-order valence-corrected chi connectivity index (χ1v) is 5.84. The Bertz CT molecular complexity index is 524. The van der Waals surface area contributed by atoms with Crippen LogP contribution >= 0.6 is 11.6 Å². The Morgan fingerprint density at radius 1 is 1.29 bits per heavy atom. The predicted octanol–water partition coefficient (Wildman–Crippen LogP) is 3.19. The maximum atomic E-state index is 5.63. The summed E-state index contributed by atoms with van der Waals surface area (Å²) in [6, 6.07) is 6.66. The molecule has 0 amide bonds. The molecule has 0 N–H and O–H groups in total. The molecule has 90 valence electrons. The minimum atomic E-state index is 0.230. The van der Waals surface area contributed by atoms with Crippen molar-refractivity contribution in [2.75, 3.05) is 11.9 Å². The summed E-state index contributed by atoms with van der Waals surface area (Å²) < 4.78 is 5.41. The van der Waals surface area contributed by atoms with Crippen LogP contribution in [-0.4, -0.2) is 17.2 Å². The van der Waals surface area contributed by atoms with Gasteiger partial charge in [-0.05, 0) is 25.5 Å². The third kappa shape index (κ3) is 2.42. The molecule has 0 aliphatic carbocycles. The largest absolute Gasteiger partial charge is 0.406 e. The van der Waals surface area contributed by atoms with Crippen LogP contribution in [0.25, 0.3) is 0 Å². The van der Waals surface area contributed by atoms with E-state index in [0.717, 1.165) is 11.3 Å². The van der Waals surface area contributed by atoms with Crippen molar-refractivity contribution in [3.05, 3.63) is 35.2 Å². The second kappa shape index (κ2) is 4.75.